The number of hydroxylamine groups is 1. The molecular formula is C22H29N3O5. The summed E-state index contributed by atoms with van der Waals surface area (Å²) in [5, 5.41) is 12.2. The van der Waals surface area contributed by atoms with E-state index in [0.717, 1.165) is 44.3 Å². The molecule has 1 heterocycles. The molecule has 0 bridgehead atoms. The summed E-state index contributed by atoms with van der Waals surface area (Å²) in [4.78, 5) is 37.4. The summed E-state index contributed by atoms with van der Waals surface area (Å²) in [6.45, 7) is 2.68. The summed E-state index contributed by atoms with van der Waals surface area (Å²) in [7, 11) is 0. The standard InChI is InChI=1S/C22H29N3O5/c1-15(26)30-20(21(27)24-29)13-16-7-9-18(10-8-16)23-19-11-12-25(14-19)22(28)17-5-3-2-4-6-17/h7-10,13,17,19,23,29H,2-6,11-12,14H2,1H3,(H,24,27)/b20-13+/t19-/m1/s1. The van der Waals surface area contributed by atoms with Gasteiger partial charge in [-0.15, -0.1) is 0 Å². The quantitative estimate of drug-likeness (QED) is 0.217. The van der Waals surface area contributed by atoms with Crippen molar-refractivity contribution in [2.24, 2.45) is 5.92 Å². The number of amides is 2. The first-order valence-electron chi connectivity index (χ1n) is 10.5. The predicted octanol–water partition coefficient (Wildman–Crippen LogP) is 2.69. The molecule has 1 aromatic rings. The highest BCUT2D eigenvalue weighted by molar-refractivity contribution is 5.97. The van der Waals surface area contributed by atoms with Crippen LogP contribution < -0.4 is 10.8 Å². The van der Waals surface area contributed by atoms with Crippen LogP contribution in [0.15, 0.2) is 30.0 Å². The molecule has 1 saturated carbocycles. The smallest absolute Gasteiger partial charge is 0.310 e. The highest BCUT2D eigenvalue weighted by Gasteiger charge is 2.31. The van der Waals surface area contributed by atoms with Gasteiger partial charge in [0.15, 0.2) is 5.76 Å². The van der Waals surface area contributed by atoms with Gasteiger partial charge in [-0.2, -0.15) is 0 Å². The minimum atomic E-state index is -0.902. The lowest BCUT2D eigenvalue weighted by molar-refractivity contribution is -0.142. The molecule has 3 rings (SSSR count). The number of hydrogen-bond acceptors (Lipinski definition) is 6. The van der Waals surface area contributed by atoms with Crippen LogP contribution in [0.4, 0.5) is 5.69 Å². The first kappa shape index (κ1) is 21.8. The summed E-state index contributed by atoms with van der Waals surface area (Å²) in [6.07, 6.45) is 7.88. The molecule has 1 atom stereocenters. The van der Waals surface area contributed by atoms with E-state index in [2.05, 4.69) is 5.32 Å². The maximum absolute atomic E-state index is 12.7. The van der Waals surface area contributed by atoms with Gasteiger partial charge in [0.25, 0.3) is 0 Å². The molecule has 3 N–H and O–H groups in total. The fourth-order valence-electron chi connectivity index (χ4n) is 4.10. The van der Waals surface area contributed by atoms with Crippen LogP contribution in [0.5, 0.6) is 0 Å². The van der Waals surface area contributed by atoms with E-state index < -0.39 is 11.9 Å². The van der Waals surface area contributed by atoms with E-state index in [1.165, 1.54) is 24.9 Å². The van der Waals surface area contributed by atoms with Crippen molar-refractivity contribution in [3.8, 4) is 0 Å². The van der Waals surface area contributed by atoms with Crippen LogP contribution in [0, 0.1) is 5.92 Å². The maximum atomic E-state index is 12.7. The molecule has 162 valence electrons. The van der Waals surface area contributed by atoms with Crippen molar-refractivity contribution in [3.63, 3.8) is 0 Å². The van der Waals surface area contributed by atoms with Crippen molar-refractivity contribution >= 4 is 29.5 Å². The summed E-state index contributed by atoms with van der Waals surface area (Å²) in [6, 6.07) is 7.47. The Hall–Kier alpha value is -2.87. The van der Waals surface area contributed by atoms with E-state index in [1.807, 2.05) is 17.0 Å². The third-order valence-electron chi connectivity index (χ3n) is 5.61. The van der Waals surface area contributed by atoms with Crippen molar-refractivity contribution in [2.45, 2.75) is 51.5 Å². The second-order valence-corrected chi connectivity index (χ2v) is 7.91. The topological polar surface area (TPSA) is 108 Å². The van der Waals surface area contributed by atoms with Crippen LogP contribution in [0.1, 0.15) is 51.0 Å². The molecule has 2 fully saturated rings. The van der Waals surface area contributed by atoms with Gasteiger partial charge in [-0.1, -0.05) is 31.4 Å². The van der Waals surface area contributed by atoms with E-state index in [0.29, 0.717) is 18.0 Å². The fourth-order valence-corrected chi connectivity index (χ4v) is 4.10. The molecule has 2 amide bonds. The Bertz CT molecular complexity index is 799. The zero-order valence-corrected chi connectivity index (χ0v) is 17.2. The zero-order valence-electron chi connectivity index (χ0n) is 17.2. The fraction of sp³-hybridized carbons (Fsp3) is 0.500. The van der Waals surface area contributed by atoms with Gasteiger partial charge in [0.05, 0.1) is 0 Å². The minimum absolute atomic E-state index is 0.200. The Kier molecular flexibility index (Phi) is 7.46. The summed E-state index contributed by atoms with van der Waals surface area (Å²) >= 11 is 0. The molecule has 1 aliphatic carbocycles. The van der Waals surface area contributed by atoms with Crippen molar-refractivity contribution in [1.82, 2.24) is 10.4 Å². The number of esters is 1. The number of hydrogen-bond donors (Lipinski definition) is 3. The van der Waals surface area contributed by atoms with Crippen LogP contribution in [0.25, 0.3) is 6.08 Å². The lowest BCUT2D eigenvalue weighted by Crippen LogP contribution is -2.36. The largest absolute Gasteiger partial charge is 0.421 e. The molecule has 1 aromatic carbocycles. The van der Waals surface area contributed by atoms with Crippen LogP contribution in [-0.4, -0.2) is 47.0 Å². The van der Waals surface area contributed by atoms with E-state index in [1.54, 1.807) is 12.1 Å². The normalized spacial score (nSPS) is 20.0. The molecule has 2 aliphatic rings. The van der Waals surface area contributed by atoms with Crippen molar-refractivity contribution in [1.29, 1.82) is 0 Å². The molecule has 8 heteroatoms. The second-order valence-electron chi connectivity index (χ2n) is 7.91. The number of nitrogens with zero attached hydrogens (tertiary/aromatic N) is 1. The summed E-state index contributed by atoms with van der Waals surface area (Å²) in [5.41, 5.74) is 3.01. The Balaban J connectivity index is 1.56. The summed E-state index contributed by atoms with van der Waals surface area (Å²) < 4.78 is 4.83. The third-order valence-corrected chi connectivity index (χ3v) is 5.61. The number of anilines is 1. The Labute approximate surface area is 176 Å². The third kappa shape index (κ3) is 5.82. The highest BCUT2D eigenvalue weighted by atomic mass is 16.5. The average Bonchev–Trinajstić information content (AvgIpc) is 3.22. The molecule has 1 saturated heterocycles. The lowest BCUT2D eigenvalue weighted by atomic mass is 9.88. The van der Waals surface area contributed by atoms with E-state index in [9.17, 15) is 14.4 Å². The SMILES string of the molecule is CC(=O)O/C(=C/c1ccc(N[C@@H]2CCN(C(=O)C3CCCCC3)C2)cc1)C(=O)NO. The number of rotatable bonds is 6. The molecule has 0 radical (unpaired) electrons. The monoisotopic (exact) mass is 415 g/mol. The molecular weight excluding hydrogens is 386 g/mol. The van der Waals surface area contributed by atoms with Crippen LogP contribution in [0.2, 0.25) is 0 Å². The molecule has 0 spiro atoms. The van der Waals surface area contributed by atoms with E-state index in [-0.39, 0.29) is 17.7 Å². The summed E-state index contributed by atoms with van der Waals surface area (Å²) in [5.74, 6) is -1.35. The number of nitrogens with one attached hydrogen (secondary N) is 2. The van der Waals surface area contributed by atoms with E-state index in [4.69, 9.17) is 9.94 Å². The molecule has 0 unspecified atom stereocenters. The van der Waals surface area contributed by atoms with Gasteiger partial charge in [-0.3, -0.25) is 19.6 Å². The zero-order chi connectivity index (χ0) is 21.5. The average molecular weight is 415 g/mol. The van der Waals surface area contributed by atoms with Gasteiger partial charge >= 0.3 is 11.9 Å². The number of likely N-dealkylation sites (tertiary alicyclic amines) is 1. The van der Waals surface area contributed by atoms with Crippen molar-refractivity contribution in [2.75, 3.05) is 18.4 Å². The predicted molar refractivity (Wildman–Crippen MR) is 111 cm³/mol. The van der Waals surface area contributed by atoms with Crippen LogP contribution in [0.3, 0.4) is 0 Å². The number of benzene rings is 1. The van der Waals surface area contributed by atoms with Gasteiger partial charge in [-0.05, 0) is 43.0 Å². The van der Waals surface area contributed by atoms with Crippen molar-refractivity contribution < 1.29 is 24.3 Å². The lowest BCUT2D eigenvalue weighted by Gasteiger charge is -2.26. The van der Waals surface area contributed by atoms with E-state index >= 15 is 0 Å². The van der Waals surface area contributed by atoms with Gasteiger partial charge in [0.2, 0.25) is 5.91 Å². The Morgan fingerprint density at radius 2 is 1.80 bits per heavy atom. The van der Waals surface area contributed by atoms with Crippen LogP contribution in [-0.2, 0) is 19.1 Å². The van der Waals surface area contributed by atoms with Gasteiger partial charge in [-0.25, -0.2) is 5.48 Å². The number of carbonyl (C=O) groups excluding carboxylic acids is 3. The van der Waals surface area contributed by atoms with Gasteiger partial charge in [0, 0.05) is 37.7 Å². The highest BCUT2D eigenvalue weighted by Crippen LogP contribution is 2.27. The Morgan fingerprint density at radius 3 is 2.43 bits per heavy atom. The second kappa shape index (κ2) is 10.2. The van der Waals surface area contributed by atoms with Gasteiger partial charge < -0.3 is 15.0 Å². The first-order valence-corrected chi connectivity index (χ1v) is 10.5. The maximum Gasteiger partial charge on any atom is 0.310 e. The number of ether oxygens (including phenoxy) is 1. The van der Waals surface area contributed by atoms with Crippen LogP contribution >= 0.6 is 0 Å². The molecule has 8 nitrogen and oxygen atoms in total. The Morgan fingerprint density at radius 1 is 1.10 bits per heavy atom. The molecule has 30 heavy (non-hydrogen) atoms. The van der Waals surface area contributed by atoms with Crippen molar-refractivity contribution in [3.05, 3.63) is 35.6 Å². The number of carbonyl (C=O) groups is 3. The van der Waals surface area contributed by atoms with Gasteiger partial charge in [0.1, 0.15) is 0 Å². The first-order chi connectivity index (χ1) is 14.5. The molecule has 0 aromatic heterocycles. The molecule has 1 aliphatic heterocycles. The minimum Gasteiger partial charge on any atom is -0.421 e.